The van der Waals surface area contributed by atoms with Gasteiger partial charge in [0.2, 0.25) is 5.89 Å². The van der Waals surface area contributed by atoms with Crippen molar-refractivity contribution in [3.63, 3.8) is 0 Å². The molecule has 1 heterocycles. The average Bonchev–Trinajstić information content (AvgIpc) is 3.04. The number of hydrogen-bond donors (Lipinski definition) is 1. The highest BCUT2D eigenvalue weighted by molar-refractivity contribution is 5.22. The summed E-state index contributed by atoms with van der Waals surface area (Å²) in [5, 5.41) is 3.87. The molecule has 106 valence electrons. The molecule has 1 aromatic heterocycles. The normalized spacial score (nSPS) is 17.6. The van der Waals surface area contributed by atoms with Crippen LogP contribution in [0.4, 0.5) is 8.78 Å². The first-order valence-corrected chi connectivity index (χ1v) is 6.63. The van der Waals surface area contributed by atoms with E-state index >= 15 is 0 Å². The van der Waals surface area contributed by atoms with Crippen molar-refractivity contribution in [2.24, 2.45) is 5.73 Å². The summed E-state index contributed by atoms with van der Waals surface area (Å²) in [6.07, 6.45) is 3.60. The van der Waals surface area contributed by atoms with Crippen molar-refractivity contribution in [2.45, 2.75) is 37.6 Å². The van der Waals surface area contributed by atoms with E-state index in [4.69, 9.17) is 10.3 Å². The van der Waals surface area contributed by atoms with Crippen LogP contribution in [-0.2, 0) is 12.0 Å². The van der Waals surface area contributed by atoms with Crippen LogP contribution in [0.3, 0.4) is 0 Å². The standard InChI is InChI=1S/C14H15F2N3O/c15-10-4-3-5-11(16)9(10)8-12-18-13(19-20-12)14(17)6-1-2-7-14/h3-5H,1-2,6-8,17H2. The molecule has 0 spiro atoms. The van der Waals surface area contributed by atoms with E-state index < -0.39 is 17.2 Å². The molecular formula is C14H15F2N3O. The fraction of sp³-hybridized carbons (Fsp3) is 0.429. The number of hydrogen-bond acceptors (Lipinski definition) is 4. The molecule has 4 nitrogen and oxygen atoms in total. The lowest BCUT2D eigenvalue weighted by atomic mass is 9.99. The number of nitrogens with zero attached hydrogens (tertiary/aromatic N) is 2. The number of aromatic nitrogens is 2. The number of nitrogens with two attached hydrogens (primary N) is 1. The Kier molecular flexibility index (Phi) is 3.25. The molecular weight excluding hydrogens is 264 g/mol. The highest BCUT2D eigenvalue weighted by Crippen LogP contribution is 2.34. The minimum atomic E-state index is -0.618. The molecule has 1 fully saturated rings. The second kappa shape index (κ2) is 4.94. The van der Waals surface area contributed by atoms with E-state index in [2.05, 4.69) is 10.1 Å². The molecule has 0 atom stereocenters. The predicted molar refractivity (Wildman–Crippen MR) is 67.8 cm³/mol. The Bertz CT molecular complexity index is 600. The van der Waals surface area contributed by atoms with Gasteiger partial charge in [-0.3, -0.25) is 0 Å². The summed E-state index contributed by atoms with van der Waals surface area (Å²) in [7, 11) is 0. The molecule has 0 unspecified atom stereocenters. The molecule has 1 aliphatic carbocycles. The third-order valence-corrected chi connectivity index (χ3v) is 3.80. The van der Waals surface area contributed by atoms with Gasteiger partial charge in [-0.1, -0.05) is 24.1 Å². The molecule has 1 saturated carbocycles. The van der Waals surface area contributed by atoms with E-state index in [1.807, 2.05) is 0 Å². The van der Waals surface area contributed by atoms with Crippen molar-refractivity contribution in [3.05, 3.63) is 47.1 Å². The zero-order chi connectivity index (χ0) is 14.2. The zero-order valence-electron chi connectivity index (χ0n) is 10.9. The lowest BCUT2D eigenvalue weighted by Gasteiger charge is -2.17. The fourth-order valence-corrected chi connectivity index (χ4v) is 2.61. The van der Waals surface area contributed by atoms with Crippen LogP contribution in [-0.4, -0.2) is 10.1 Å². The van der Waals surface area contributed by atoms with Crippen molar-refractivity contribution in [2.75, 3.05) is 0 Å². The Hall–Kier alpha value is -1.82. The summed E-state index contributed by atoms with van der Waals surface area (Å²) in [6.45, 7) is 0. The predicted octanol–water partition coefficient (Wildman–Crippen LogP) is 2.67. The van der Waals surface area contributed by atoms with Crippen molar-refractivity contribution < 1.29 is 13.3 Å². The summed E-state index contributed by atoms with van der Waals surface area (Å²) >= 11 is 0. The number of benzene rings is 1. The van der Waals surface area contributed by atoms with Gasteiger partial charge in [0.1, 0.15) is 11.6 Å². The quantitative estimate of drug-likeness (QED) is 0.938. The van der Waals surface area contributed by atoms with Crippen LogP contribution in [0, 0.1) is 11.6 Å². The Morgan fingerprint density at radius 3 is 2.50 bits per heavy atom. The smallest absolute Gasteiger partial charge is 0.231 e. The van der Waals surface area contributed by atoms with Crippen LogP contribution in [0.15, 0.2) is 22.7 Å². The van der Waals surface area contributed by atoms with Gasteiger partial charge in [-0.05, 0) is 25.0 Å². The van der Waals surface area contributed by atoms with Gasteiger partial charge in [-0.15, -0.1) is 0 Å². The topological polar surface area (TPSA) is 64.9 Å². The van der Waals surface area contributed by atoms with E-state index in [0.717, 1.165) is 25.7 Å². The van der Waals surface area contributed by atoms with Gasteiger partial charge in [-0.25, -0.2) is 8.78 Å². The minimum Gasteiger partial charge on any atom is -0.339 e. The van der Waals surface area contributed by atoms with Crippen LogP contribution >= 0.6 is 0 Å². The van der Waals surface area contributed by atoms with Crippen LogP contribution in [0.25, 0.3) is 0 Å². The molecule has 1 aliphatic rings. The lowest BCUT2D eigenvalue weighted by Crippen LogP contribution is -2.34. The molecule has 20 heavy (non-hydrogen) atoms. The molecule has 0 bridgehead atoms. The van der Waals surface area contributed by atoms with Gasteiger partial charge >= 0.3 is 0 Å². The van der Waals surface area contributed by atoms with Crippen LogP contribution in [0.2, 0.25) is 0 Å². The Morgan fingerprint density at radius 2 is 1.85 bits per heavy atom. The van der Waals surface area contributed by atoms with Crippen LogP contribution < -0.4 is 5.73 Å². The van der Waals surface area contributed by atoms with Crippen molar-refractivity contribution in [1.29, 1.82) is 0 Å². The summed E-state index contributed by atoms with van der Waals surface area (Å²) in [5.41, 5.74) is 5.58. The van der Waals surface area contributed by atoms with Crippen LogP contribution in [0.1, 0.15) is 43.0 Å². The third kappa shape index (κ3) is 2.31. The maximum Gasteiger partial charge on any atom is 0.231 e. The second-order valence-electron chi connectivity index (χ2n) is 5.25. The lowest BCUT2D eigenvalue weighted by molar-refractivity contribution is 0.350. The Balaban J connectivity index is 1.84. The summed E-state index contributed by atoms with van der Waals surface area (Å²) in [5.74, 6) is -0.622. The van der Waals surface area contributed by atoms with Gasteiger partial charge in [0.15, 0.2) is 5.82 Å². The second-order valence-corrected chi connectivity index (χ2v) is 5.25. The number of halogens is 2. The maximum atomic E-state index is 13.6. The van der Waals surface area contributed by atoms with Gasteiger partial charge in [0.25, 0.3) is 0 Å². The third-order valence-electron chi connectivity index (χ3n) is 3.80. The van der Waals surface area contributed by atoms with E-state index in [1.165, 1.54) is 18.2 Å². The SMILES string of the molecule is NC1(c2noc(Cc3c(F)cccc3F)n2)CCCC1. The van der Waals surface area contributed by atoms with Gasteiger partial charge in [0, 0.05) is 5.56 Å². The first kappa shape index (κ1) is 13.2. The number of rotatable bonds is 3. The van der Waals surface area contributed by atoms with Crippen molar-refractivity contribution in [1.82, 2.24) is 10.1 Å². The molecule has 1 aromatic carbocycles. The van der Waals surface area contributed by atoms with E-state index in [1.54, 1.807) is 0 Å². The average molecular weight is 279 g/mol. The minimum absolute atomic E-state index is 0.0679. The Labute approximate surface area is 115 Å². The molecule has 6 heteroatoms. The molecule has 3 rings (SSSR count). The first-order valence-electron chi connectivity index (χ1n) is 6.63. The van der Waals surface area contributed by atoms with Gasteiger partial charge in [-0.2, -0.15) is 4.98 Å². The van der Waals surface area contributed by atoms with E-state index in [-0.39, 0.29) is 17.9 Å². The van der Waals surface area contributed by atoms with Crippen LogP contribution in [0.5, 0.6) is 0 Å². The first-order chi connectivity index (χ1) is 9.58. The van der Waals surface area contributed by atoms with Gasteiger partial charge < -0.3 is 10.3 Å². The molecule has 0 saturated heterocycles. The summed E-state index contributed by atoms with van der Waals surface area (Å²) in [4.78, 5) is 4.21. The van der Waals surface area contributed by atoms with E-state index in [9.17, 15) is 8.78 Å². The van der Waals surface area contributed by atoms with Gasteiger partial charge in [0.05, 0.1) is 12.0 Å². The van der Waals surface area contributed by atoms with E-state index in [0.29, 0.717) is 5.82 Å². The van der Waals surface area contributed by atoms with Crippen molar-refractivity contribution >= 4 is 0 Å². The molecule has 2 N–H and O–H groups in total. The molecule has 0 radical (unpaired) electrons. The fourth-order valence-electron chi connectivity index (χ4n) is 2.61. The highest BCUT2D eigenvalue weighted by atomic mass is 19.1. The molecule has 0 amide bonds. The molecule has 2 aromatic rings. The monoisotopic (exact) mass is 279 g/mol. The maximum absolute atomic E-state index is 13.6. The largest absolute Gasteiger partial charge is 0.339 e. The molecule has 0 aliphatic heterocycles. The van der Waals surface area contributed by atoms with Crippen molar-refractivity contribution in [3.8, 4) is 0 Å². The Morgan fingerprint density at radius 1 is 1.20 bits per heavy atom. The highest BCUT2D eigenvalue weighted by Gasteiger charge is 2.36. The summed E-state index contributed by atoms with van der Waals surface area (Å²) < 4.78 is 32.2. The summed E-state index contributed by atoms with van der Waals surface area (Å²) in [6, 6.07) is 3.73. The zero-order valence-corrected chi connectivity index (χ0v) is 10.9.